The van der Waals surface area contributed by atoms with Gasteiger partial charge in [0.15, 0.2) is 0 Å². The van der Waals surface area contributed by atoms with Crippen molar-refractivity contribution in [1.82, 2.24) is 5.32 Å². The molecule has 0 aliphatic rings. The van der Waals surface area contributed by atoms with Crippen LogP contribution >= 0.6 is 0 Å². The van der Waals surface area contributed by atoms with E-state index < -0.39 is 27.7 Å². The third-order valence-electron chi connectivity index (χ3n) is 2.25. The number of hydrogen-bond donors (Lipinski definition) is 3. The molecule has 1 aromatic rings. The molecule has 0 saturated heterocycles. The highest BCUT2D eigenvalue weighted by Crippen LogP contribution is 2.34. The van der Waals surface area contributed by atoms with Crippen LogP contribution in [-0.2, 0) is 21.0 Å². The quantitative estimate of drug-likeness (QED) is 0.760. The van der Waals surface area contributed by atoms with Crippen molar-refractivity contribution in [2.45, 2.75) is 6.18 Å². The number of carbonyl (C=O) groups is 1. The molecule has 0 spiro atoms. The summed E-state index contributed by atoms with van der Waals surface area (Å²) in [5.41, 5.74) is -1.41. The normalized spacial score (nSPS) is 12.0. The van der Waals surface area contributed by atoms with Gasteiger partial charge >= 0.3 is 6.18 Å². The lowest BCUT2D eigenvalue weighted by Gasteiger charge is -2.15. The van der Waals surface area contributed by atoms with Crippen molar-refractivity contribution in [2.24, 2.45) is 0 Å². The maximum absolute atomic E-state index is 12.7. The van der Waals surface area contributed by atoms with Crippen molar-refractivity contribution in [3.8, 4) is 0 Å². The number of likely N-dealkylation sites (N-methyl/N-ethyl adjacent to an activating group) is 1. The molecule has 0 atom stereocenters. The monoisotopic (exact) mass is 325 g/mol. The Labute approximate surface area is 119 Å². The number of halogens is 3. The molecule has 6 nitrogen and oxygen atoms in total. The number of alkyl halides is 3. The SMILES string of the molecule is CNCC(=O)Nc1cc(C(F)(F)F)ccc1NS(C)(=O)=O. The van der Waals surface area contributed by atoms with E-state index in [9.17, 15) is 26.4 Å². The number of hydrogen-bond acceptors (Lipinski definition) is 4. The van der Waals surface area contributed by atoms with E-state index in [2.05, 4.69) is 10.6 Å². The second-order valence-electron chi connectivity index (χ2n) is 4.21. The molecular weight excluding hydrogens is 311 g/mol. The van der Waals surface area contributed by atoms with E-state index in [1.807, 2.05) is 4.72 Å². The largest absolute Gasteiger partial charge is 0.416 e. The predicted octanol–water partition coefficient (Wildman–Crippen LogP) is 1.23. The average Bonchev–Trinajstić information content (AvgIpc) is 2.28. The highest BCUT2D eigenvalue weighted by atomic mass is 32.2. The van der Waals surface area contributed by atoms with Crippen LogP contribution in [0.4, 0.5) is 24.5 Å². The minimum absolute atomic E-state index is 0.130. The van der Waals surface area contributed by atoms with Crippen molar-refractivity contribution in [2.75, 3.05) is 29.9 Å². The summed E-state index contributed by atoms with van der Waals surface area (Å²) in [6, 6.07) is 2.33. The van der Waals surface area contributed by atoms with Gasteiger partial charge in [-0.15, -0.1) is 0 Å². The van der Waals surface area contributed by atoms with Crippen molar-refractivity contribution < 1.29 is 26.4 Å². The first-order chi connectivity index (χ1) is 9.53. The Balaban J connectivity index is 3.21. The molecule has 118 valence electrons. The van der Waals surface area contributed by atoms with Crippen molar-refractivity contribution in [3.05, 3.63) is 23.8 Å². The van der Waals surface area contributed by atoms with Gasteiger partial charge in [-0.25, -0.2) is 8.42 Å². The molecule has 0 unspecified atom stereocenters. The van der Waals surface area contributed by atoms with E-state index in [0.29, 0.717) is 6.07 Å². The number of carbonyl (C=O) groups excluding carboxylic acids is 1. The van der Waals surface area contributed by atoms with Crippen LogP contribution in [-0.4, -0.2) is 34.2 Å². The minimum Gasteiger partial charge on any atom is -0.323 e. The van der Waals surface area contributed by atoms with Crippen LogP contribution in [0, 0.1) is 0 Å². The zero-order chi connectivity index (χ0) is 16.3. The van der Waals surface area contributed by atoms with Crippen molar-refractivity contribution in [1.29, 1.82) is 0 Å². The van der Waals surface area contributed by atoms with Gasteiger partial charge in [-0.2, -0.15) is 13.2 Å². The molecule has 1 rings (SSSR count). The highest BCUT2D eigenvalue weighted by molar-refractivity contribution is 7.92. The Bertz CT molecular complexity index is 629. The van der Waals surface area contributed by atoms with Crippen molar-refractivity contribution in [3.63, 3.8) is 0 Å². The van der Waals surface area contributed by atoms with Gasteiger partial charge in [0.25, 0.3) is 0 Å². The number of amides is 1. The fourth-order valence-electron chi connectivity index (χ4n) is 1.47. The van der Waals surface area contributed by atoms with Crippen LogP contribution in [0.1, 0.15) is 5.56 Å². The molecule has 0 saturated carbocycles. The van der Waals surface area contributed by atoms with E-state index in [0.717, 1.165) is 18.4 Å². The zero-order valence-electron chi connectivity index (χ0n) is 11.2. The van der Waals surface area contributed by atoms with Crippen LogP contribution in [0.3, 0.4) is 0 Å². The highest BCUT2D eigenvalue weighted by Gasteiger charge is 2.31. The summed E-state index contributed by atoms with van der Waals surface area (Å²) in [6.07, 6.45) is -3.75. The summed E-state index contributed by atoms with van der Waals surface area (Å²) in [6.45, 7) is -0.130. The van der Waals surface area contributed by atoms with Gasteiger partial charge in [-0.1, -0.05) is 0 Å². The van der Waals surface area contributed by atoms with E-state index in [1.165, 1.54) is 7.05 Å². The van der Waals surface area contributed by atoms with Gasteiger partial charge in [0.2, 0.25) is 15.9 Å². The first kappa shape index (κ1) is 17.2. The Morgan fingerprint density at radius 2 is 1.86 bits per heavy atom. The molecule has 0 aliphatic heterocycles. The maximum atomic E-state index is 12.7. The molecule has 21 heavy (non-hydrogen) atoms. The molecule has 0 fully saturated rings. The molecule has 0 aliphatic carbocycles. The van der Waals surface area contributed by atoms with E-state index in [1.54, 1.807) is 0 Å². The number of rotatable bonds is 5. The fourth-order valence-corrected chi connectivity index (χ4v) is 2.05. The third-order valence-corrected chi connectivity index (χ3v) is 2.84. The smallest absolute Gasteiger partial charge is 0.323 e. The van der Waals surface area contributed by atoms with Gasteiger partial charge in [-0.3, -0.25) is 9.52 Å². The number of anilines is 2. The van der Waals surface area contributed by atoms with Gasteiger partial charge in [0.1, 0.15) is 0 Å². The molecule has 0 radical (unpaired) electrons. The molecule has 10 heteroatoms. The first-order valence-corrected chi connectivity index (χ1v) is 7.55. The Hall–Kier alpha value is -1.81. The standard InChI is InChI=1S/C11H14F3N3O3S/c1-15-6-10(18)16-9-5-7(11(12,13)14)3-4-8(9)17-21(2,19)20/h3-5,15,17H,6H2,1-2H3,(H,16,18). The molecule has 1 aromatic carbocycles. The molecule has 0 heterocycles. The van der Waals surface area contributed by atoms with E-state index >= 15 is 0 Å². The maximum Gasteiger partial charge on any atom is 0.416 e. The number of sulfonamides is 1. The molecule has 3 N–H and O–H groups in total. The van der Waals surface area contributed by atoms with Crippen LogP contribution in [0.25, 0.3) is 0 Å². The van der Waals surface area contributed by atoms with E-state index in [-0.39, 0.29) is 17.9 Å². The van der Waals surface area contributed by atoms with Crippen LogP contribution in [0.15, 0.2) is 18.2 Å². The number of benzene rings is 1. The van der Waals surface area contributed by atoms with Crippen LogP contribution < -0.4 is 15.4 Å². The lowest BCUT2D eigenvalue weighted by atomic mass is 10.1. The minimum atomic E-state index is -4.61. The summed E-state index contributed by atoms with van der Waals surface area (Å²) in [5.74, 6) is -0.603. The molecule has 0 aromatic heterocycles. The van der Waals surface area contributed by atoms with Crippen molar-refractivity contribution >= 4 is 27.3 Å². The van der Waals surface area contributed by atoms with Gasteiger partial charge in [-0.05, 0) is 25.2 Å². The lowest BCUT2D eigenvalue weighted by Crippen LogP contribution is -2.26. The Morgan fingerprint density at radius 1 is 1.24 bits per heavy atom. The van der Waals surface area contributed by atoms with E-state index in [4.69, 9.17) is 0 Å². The third kappa shape index (κ3) is 5.60. The molecule has 1 amide bonds. The summed E-state index contributed by atoms with van der Waals surface area (Å²) in [7, 11) is -2.21. The van der Waals surface area contributed by atoms with Crippen LogP contribution in [0.5, 0.6) is 0 Å². The Kier molecular flexibility index (Phi) is 5.18. The topological polar surface area (TPSA) is 87.3 Å². The predicted molar refractivity (Wildman–Crippen MR) is 72.5 cm³/mol. The second-order valence-corrected chi connectivity index (χ2v) is 5.96. The van der Waals surface area contributed by atoms with Crippen LogP contribution in [0.2, 0.25) is 0 Å². The molecular formula is C11H14F3N3O3S. The Morgan fingerprint density at radius 3 is 2.33 bits per heavy atom. The summed E-state index contributed by atoms with van der Waals surface area (Å²) in [4.78, 5) is 11.5. The summed E-state index contributed by atoms with van der Waals surface area (Å²) < 4.78 is 62.4. The average molecular weight is 325 g/mol. The van der Waals surface area contributed by atoms with Gasteiger partial charge in [0.05, 0.1) is 29.7 Å². The first-order valence-electron chi connectivity index (χ1n) is 5.66. The summed E-state index contributed by atoms with van der Waals surface area (Å²) >= 11 is 0. The zero-order valence-corrected chi connectivity index (χ0v) is 12.0. The molecule has 0 bridgehead atoms. The second kappa shape index (κ2) is 6.31. The fraction of sp³-hybridized carbons (Fsp3) is 0.364. The van der Waals surface area contributed by atoms with Gasteiger partial charge in [0, 0.05) is 0 Å². The lowest BCUT2D eigenvalue weighted by molar-refractivity contribution is -0.137. The number of nitrogens with one attached hydrogen (secondary N) is 3. The van der Waals surface area contributed by atoms with Gasteiger partial charge < -0.3 is 10.6 Å². The summed E-state index contributed by atoms with van der Waals surface area (Å²) in [5, 5.41) is 4.75.